The lowest BCUT2D eigenvalue weighted by Gasteiger charge is -2.20. The van der Waals surface area contributed by atoms with Crippen LogP contribution in [0.1, 0.15) is 41.5 Å². The summed E-state index contributed by atoms with van der Waals surface area (Å²) in [6, 6.07) is 0. The van der Waals surface area contributed by atoms with Crippen LogP contribution in [-0.4, -0.2) is 33.4 Å². The van der Waals surface area contributed by atoms with Crippen LogP contribution in [0.5, 0.6) is 0 Å². The van der Waals surface area contributed by atoms with Crippen molar-refractivity contribution >= 4 is 19.7 Å². The van der Waals surface area contributed by atoms with E-state index in [1.165, 1.54) is 0 Å². The lowest BCUT2D eigenvalue weighted by molar-refractivity contribution is 0.459. The average Bonchev–Trinajstić information content (AvgIpc) is 1.65. The van der Waals surface area contributed by atoms with Crippen LogP contribution in [0.2, 0.25) is 0 Å². The summed E-state index contributed by atoms with van der Waals surface area (Å²) in [6.07, 6.45) is 0. The summed E-state index contributed by atoms with van der Waals surface area (Å²) in [5.41, 5.74) is -0.841. The second kappa shape index (κ2) is 4.88. The molecule has 0 aromatic rings. The minimum atomic E-state index is -3.56. The van der Waals surface area contributed by atoms with Gasteiger partial charge in [0.15, 0.2) is 24.8 Å². The van der Waals surface area contributed by atoms with Gasteiger partial charge in [-0.3, -0.25) is 0 Å². The topological polar surface area (TPSA) is 68.3 Å². The van der Waals surface area contributed by atoms with Gasteiger partial charge >= 0.3 is 0 Å². The molecule has 0 radical (unpaired) electrons. The Balaban J connectivity index is 4.86. The number of rotatable bonds is 4. The van der Waals surface area contributed by atoms with Crippen LogP contribution >= 0.6 is 0 Å². The molecule has 0 fully saturated rings. The summed E-state index contributed by atoms with van der Waals surface area (Å²) in [6.45, 7) is 10.7. The molecule has 0 aromatic heterocycles. The predicted molar refractivity (Wildman–Crippen MR) is 71.4 cm³/mol. The second-order valence-electron chi connectivity index (χ2n) is 7.01. The number of sulfone groups is 2. The smallest absolute Gasteiger partial charge is 0.165 e. The molecule has 0 aliphatic carbocycles. The molecule has 0 unspecified atom stereocenters. The minimum Gasteiger partial charge on any atom is -0.228 e. The van der Waals surface area contributed by atoms with Crippen molar-refractivity contribution < 1.29 is 16.8 Å². The van der Waals surface area contributed by atoms with Crippen LogP contribution in [0, 0.1) is 10.8 Å². The van der Waals surface area contributed by atoms with Gasteiger partial charge < -0.3 is 0 Å². The van der Waals surface area contributed by atoms with E-state index >= 15 is 0 Å². The van der Waals surface area contributed by atoms with Gasteiger partial charge in [0.1, 0.15) is 0 Å². The lowest BCUT2D eigenvalue weighted by Crippen LogP contribution is -2.30. The summed E-state index contributed by atoms with van der Waals surface area (Å²) < 4.78 is 47.1. The summed E-state index contributed by atoms with van der Waals surface area (Å²) >= 11 is 0. The van der Waals surface area contributed by atoms with Gasteiger partial charge in [-0.15, -0.1) is 0 Å². The highest BCUT2D eigenvalue weighted by molar-refractivity contribution is 8.08. The maximum atomic E-state index is 11.8. The van der Waals surface area contributed by atoms with Gasteiger partial charge in [-0.1, -0.05) is 41.5 Å². The fourth-order valence-electron chi connectivity index (χ4n) is 1.68. The summed E-state index contributed by atoms with van der Waals surface area (Å²) in [5.74, 6) is -0.216. The molecule has 0 rings (SSSR count). The Morgan fingerprint density at radius 2 is 0.882 bits per heavy atom. The Bertz CT molecular complexity index is 401. The Hall–Kier alpha value is -0.100. The molecule has 0 aromatic carbocycles. The molecule has 0 bridgehead atoms. The Kier molecular flexibility index (Phi) is 4.85. The minimum absolute atomic E-state index is 0.108. The summed E-state index contributed by atoms with van der Waals surface area (Å²) in [4.78, 5) is 0. The molecule has 0 aliphatic heterocycles. The molecule has 0 spiro atoms. The molecule has 0 N–H and O–H groups in total. The SMILES string of the molecule is CC(C)(C)CS(=O)(=O)CS(=O)(=O)CC(C)(C)C. The van der Waals surface area contributed by atoms with E-state index in [0.29, 0.717) is 0 Å². The standard InChI is InChI=1S/C11H24O4S2/c1-10(2,3)7-16(12,13)9-17(14,15)8-11(4,5)6/h7-9H2,1-6H3. The zero-order chi connectivity index (χ0) is 14.1. The molecule has 4 nitrogen and oxygen atoms in total. The second-order valence-corrected chi connectivity index (χ2v) is 11.5. The van der Waals surface area contributed by atoms with Crippen LogP contribution < -0.4 is 0 Å². The predicted octanol–water partition coefficient (Wildman–Crippen LogP) is 1.87. The Labute approximate surface area is 106 Å². The molecule has 0 amide bonds. The molecule has 104 valence electrons. The van der Waals surface area contributed by atoms with Crippen LogP contribution in [0.15, 0.2) is 0 Å². The van der Waals surface area contributed by atoms with Crippen LogP contribution in [0.25, 0.3) is 0 Å². The summed E-state index contributed by atoms with van der Waals surface area (Å²) in [5, 5.41) is -0.742. The van der Waals surface area contributed by atoms with Crippen molar-refractivity contribution in [2.24, 2.45) is 10.8 Å². The third-order valence-electron chi connectivity index (χ3n) is 1.66. The molecule has 0 saturated heterocycles. The third kappa shape index (κ3) is 9.59. The van der Waals surface area contributed by atoms with E-state index in [1.807, 2.05) is 0 Å². The Morgan fingerprint density at radius 3 is 1.06 bits per heavy atom. The molecule has 17 heavy (non-hydrogen) atoms. The average molecular weight is 284 g/mol. The first-order valence-electron chi connectivity index (χ1n) is 5.53. The maximum Gasteiger partial charge on any atom is 0.165 e. The van der Waals surface area contributed by atoms with Crippen molar-refractivity contribution in [2.75, 3.05) is 16.6 Å². The van der Waals surface area contributed by atoms with E-state index in [1.54, 1.807) is 41.5 Å². The van der Waals surface area contributed by atoms with E-state index in [2.05, 4.69) is 0 Å². The quantitative estimate of drug-likeness (QED) is 0.790. The largest absolute Gasteiger partial charge is 0.228 e. The van der Waals surface area contributed by atoms with Crippen LogP contribution in [0.4, 0.5) is 0 Å². The summed E-state index contributed by atoms with van der Waals surface area (Å²) in [7, 11) is -7.11. The van der Waals surface area contributed by atoms with Crippen LogP contribution in [0.3, 0.4) is 0 Å². The van der Waals surface area contributed by atoms with Gasteiger partial charge in [-0.25, -0.2) is 16.8 Å². The molecular weight excluding hydrogens is 260 g/mol. The normalized spacial score (nSPS) is 14.9. The zero-order valence-corrected chi connectivity index (χ0v) is 13.2. The van der Waals surface area contributed by atoms with Gasteiger partial charge in [0.2, 0.25) is 0 Å². The molecule has 6 heteroatoms. The Morgan fingerprint density at radius 1 is 0.647 bits per heavy atom. The van der Waals surface area contributed by atoms with E-state index in [4.69, 9.17) is 0 Å². The first-order valence-corrected chi connectivity index (χ1v) is 9.17. The van der Waals surface area contributed by atoms with Crippen LogP contribution in [-0.2, 0) is 19.7 Å². The highest BCUT2D eigenvalue weighted by atomic mass is 32.3. The van der Waals surface area contributed by atoms with E-state index < -0.39 is 35.6 Å². The van der Waals surface area contributed by atoms with Crippen molar-refractivity contribution in [3.05, 3.63) is 0 Å². The molecule has 0 aliphatic rings. The molecule has 0 atom stereocenters. The van der Waals surface area contributed by atoms with E-state index in [9.17, 15) is 16.8 Å². The number of hydrogen-bond donors (Lipinski definition) is 0. The highest BCUT2D eigenvalue weighted by Crippen LogP contribution is 2.21. The van der Waals surface area contributed by atoms with Crippen molar-refractivity contribution in [1.29, 1.82) is 0 Å². The molecular formula is C11H24O4S2. The van der Waals surface area contributed by atoms with Crippen molar-refractivity contribution in [3.63, 3.8) is 0 Å². The molecule has 0 saturated carbocycles. The van der Waals surface area contributed by atoms with Crippen molar-refractivity contribution in [1.82, 2.24) is 0 Å². The number of hydrogen-bond acceptors (Lipinski definition) is 4. The monoisotopic (exact) mass is 284 g/mol. The van der Waals surface area contributed by atoms with Gasteiger partial charge in [-0.2, -0.15) is 0 Å². The lowest BCUT2D eigenvalue weighted by atomic mass is 10.0. The fourth-order valence-corrected chi connectivity index (χ4v) is 7.17. The van der Waals surface area contributed by atoms with Gasteiger partial charge in [0, 0.05) is 0 Å². The zero-order valence-electron chi connectivity index (χ0n) is 11.6. The van der Waals surface area contributed by atoms with E-state index in [0.717, 1.165) is 0 Å². The van der Waals surface area contributed by atoms with Gasteiger partial charge in [0.05, 0.1) is 11.5 Å². The molecule has 0 heterocycles. The maximum absolute atomic E-state index is 11.8. The third-order valence-corrected chi connectivity index (χ3v) is 7.15. The van der Waals surface area contributed by atoms with Crippen molar-refractivity contribution in [2.45, 2.75) is 41.5 Å². The first-order chi connectivity index (χ1) is 7.12. The van der Waals surface area contributed by atoms with Gasteiger partial charge in [-0.05, 0) is 10.8 Å². The van der Waals surface area contributed by atoms with E-state index in [-0.39, 0.29) is 11.5 Å². The first kappa shape index (κ1) is 16.9. The fraction of sp³-hybridized carbons (Fsp3) is 1.00. The van der Waals surface area contributed by atoms with Crippen molar-refractivity contribution in [3.8, 4) is 0 Å². The van der Waals surface area contributed by atoms with Gasteiger partial charge in [0.25, 0.3) is 0 Å². The highest BCUT2D eigenvalue weighted by Gasteiger charge is 2.30.